The van der Waals surface area contributed by atoms with Crippen LogP contribution in [-0.4, -0.2) is 35.7 Å². The topological polar surface area (TPSA) is 92.2 Å². The minimum absolute atomic E-state index is 0.0631. The molecule has 0 saturated carbocycles. The minimum Gasteiger partial charge on any atom is -0.494 e. The molecule has 4 aromatic rings. The van der Waals surface area contributed by atoms with Gasteiger partial charge in [-0.25, -0.2) is 10.4 Å². The van der Waals surface area contributed by atoms with Crippen molar-refractivity contribution in [2.45, 2.75) is 31.0 Å². The van der Waals surface area contributed by atoms with Gasteiger partial charge in [0.2, 0.25) is 5.90 Å². The van der Waals surface area contributed by atoms with Crippen LogP contribution in [0.25, 0.3) is 0 Å². The van der Waals surface area contributed by atoms with Crippen LogP contribution in [-0.2, 0) is 22.5 Å². The summed E-state index contributed by atoms with van der Waals surface area (Å²) in [6.07, 6.45) is 0.0884. The molecule has 0 saturated heterocycles. The van der Waals surface area contributed by atoms with Crippen LogP contribution in [0, 0.1) is 0 Å². The average molecular weight is 683 g/mol. The number of carbonyl (C=O) groups excluding carboxylic acids is 1. The smallest absolute Gasteiger partial charge is 0.266 e. The number of hydrogen-bond donors (Lipinski definition) is 3. The molecule has 0 aliphatic carbocycles. The zero-order valence-corrected chi connectivity index (χ0v) is 26.2. The summed E-state index contributed by atoms with van der Waals surface area (Å²) in [4.78, 5) is 19.3. The lowest BCUT2D eigenvalue weighted by atomic mass is 9.82. The Labute approximate surface area is 269 Å². The number of rotatable bonds is 12. The molecule has 0 spiro atoms. The van der Waals surface area contributed by atoms with E-state index in [2.05, 4.69) is 26.8 Å². The van der Waals surface area contributed by atoms with Gasteiger partial charge in [-0.3, -0.25) is 10.2 Å². The first-order valence-electron chi connectivity index (χ1n) is 13.8. The summed E-state index contributed by atoms with van der Waals surface area (Å²) < 4.78 is 13.1. The van der Waals surface area contributed by atoms with Crippen molar-refractivity contribution < 1.29 is 19.4 Å². The standard InChI is InChI=1S/C33H30BrCl2N3O4/c34-27-10-5-4-9-25(27)20-33(32(41)39-37-21-22-11-16-28(35)29(36)19-22)30(23-7-2-1-3-8-23)43-31(38-33)24-12-14-26(15-13-24)42-18-6-17-40/h1-5,7-16,19,30,37,40H,6,17-18,20-21H2,(H,39,41)/t30-,33-/m0/s1. The molecular formula is C33H30BrCl2N3O4. The molecule has 4 aromatic carbocycles. The zero-order chi connectivity index (χ0) is 30.2. The van der Waals surface area contributed by atoms with Gasteiger partial charge in [-0.2, -0.15) is 0 Å². The predicted molar refractivity (Wildman–Crippen MR) is 172 cm³/mol. The van der Waals surface area contributed by atoms with Gasteiger partial charge >= 0.3 is 0 Å². The van der Waals surface area contributed by atoms with E-state index in [0.29, 0.717) is 46.8 Å². The van der Waals surface area contributed by atoms with E-state index in [1.165, 1.54) is 0 Å². The Bertz CT molecular complexity index is 1590. The van der Waals surface area contributed by atoms with Crippen LogP contribution in [0.2, 0.25) is 10.0 Å². The molecule has 0 bridgehead atoms. The molecule has 222 valence electrons. The van der Waals surface area contributed by atoms with Crippen molar-refractivity contribution in [2.24, 2.45) is 4.99 Å². The number of halogens is 3. The Hall–Kier alpha value is -3.40. The Kier molecular flexibility index (Phi) is 10.4. The third-order valence-electron chi connectivity index (χ3n) is 7.03. The van der Waals surface area contributed by atoms with Crippen LogP contribution in [0.1, 0.15) is 34.8 Å². The number of benzene rings is 4. The second-order valence-corrected chi connectivity index (χ2v) is 11.7. The van der Waals surface area contributed by atoms with E-state index in [0.717, 1.165) is 21.2 Å². The van der Waals surface area contributed by atoms with Gasteiger partial charge in [0.25, 0.3) is 5.91 Å². The molecule has 0 unspecified atom stereocenters. The molecule has 0 aromatic heterocycles. The van der Waals surface area contributed by atoms with Crippen molar-refractivity contribution in [3.63, 3.8) is 0 Å². The third-order valence-corrected chi connectivity index (χ3v) is 8.54. The Balaban J connectivity index is 1.50. The van der Waals surface area contributed by atoms with E-state index in [1.807, 2.05) is 84.9 Å². The van der Waals surface area contributed by atoms with Crippen LogP contribution < -0.4 is 15.6 Å². The van der Waals surface area contributed by atoms with E-state index in [1.54, 1.807) is 12.1 Å². The van der Waals surface area contributed by atoms with Crippen molar-refractivity contribution in [1.29, 1.82) is 0 Å². The molecule has 43 heavy (non-hydrogen) atoms. The van der Waals surface area contributed by atoms with Crippen molar-refractivity contribution in [2.75, 3.05) is 13.2 Å². The van der Waals surface area contributed by atoms with Gasteiger partial charge in [-0.05, 0) is 59.2 Å². The molecule has 1 amide bonds. The van der Waals surface area contributed by atoms with E-state index in [-0.39, 0.29) is 18.9 Å². The molecule has 1 aliphatic heterocycles. The van der Waals surface area contributed by atoms with Gasteiger partial charge in [-0.15, -0.1) is 0 Å². The fraction of sp³-hybridized carbons (Fsp3) is 0.212. The van der Waals surface area contributed by atoms with Gasteiger partial charge < -0.3 is 14.6 Å². The number of aliphatic hydroxyl groups excluding tert-OH is 1. The van der Waals surface area contributed by atoms with Crippen LogP contribution in [0.4, 0.5) is 0 Å². The van der Waals surface area contributed by atoms with Gasteiger partial charge in [-0.1, -0.05) is 93.7 Å². The summed E-state index contributed by atoms with van der Waals surface area (Å²) in [6, 6.07) is 30.0. The molecule has 5 rings (SSSR count). The molecule has 2 atom stereocenters. The Morgan fingerprint density at radius 2 is 1.72 bits per heavy atom. The molecule has 3 N–H and O–H groups in total. The highest BCUT2D eigenvalue weighted by molar-refractivity contribution is 9.10. The minimum atomic E-state index is -1.36. The van der Waals surface area contributed by atoms with Crippen LogP contribution >= 0.6 is 39.1 Å². The molecule has 7 nitrogen and oxygen atoms in total. The Morgan fingerprint density at radius 1 is 0.977 bits per heavy atom. The van der Waals surface area contributed by atoms with Crippen molar-refractivity contribution in [1.82, 2.24) is 10.9 Å². The molecule has 10 heteroatoms. The number of ether oxygens (including phenoxy) is 2. The first-order chi connectivity index (χ1) is 20.9. The Morgan fingerprint density at radius 3 is 2.44 bits per heavy atom. The summed E-state index contributed by atoms with van der Waals surface area (Å²) in [6.45, 7) is 0.792. The first kappa shape index (κ1) is 31.0. The van der Waals surface area contributed by atoms with Crippen LogP contribution in [0.5, 0.6) is 5.75 Å². The van der Waals surface area contributed by atoms with Gasteiger partial charge in [0.1, 0.15) is 5.75 Å². The third kappa shape index (κ3) is 7.40. The van der Waals surface area contributed by atoms with E-state index in [4.69, 9.17) is 42.8 Å². The lowest BCUT2D eigenvalue weighted by Crippen LogP contribution is -2.53. The van der Waals surface area contributed by atoms with Crippen LogP contribution in [0.15, 0.2) is 107 Å². The molecule has 1 heterocycles. The number of nitrogens with zero attached hydrogens (tertiary/aromatic N) is 1. The second kappa shape index (κ2) is 14.4. The number of nitrogens with one attached hydrogen (secondary N) is 2. The normalized spacial score (nSPS) is 17.7. The maximum Gasteiger partial charge on any atom is 0.266 e. The summed E-state index contributed by atoms with van der Waals surface area (Å²) in [7, 11) is 0. The highest BCUT2D eigenvalue weighted by atomic mass is 79.9. The van der Waals surface area contributed by atoms with E-state index in [9.17, 15) is 4.79 Å². The number of aliphatic hydroxyl groups is 1. The number of hydrazine groups is 1. The zero-order valence-electron chi connectivity index (χ0n) is 23.1. The highest BCUT2D eigenvalue weighted by Gasteiger charge is 2.53. The number of carbonyl (C=O) groups is 1. The molecule has 0 fully saturated rings. The largest absolute Gasteiger partial charge is 0.494 e. The maximum atomic E-state index is 14.3. The van der Waals surface area contributed by atoms with Crippen molar-refractivity contribution in [3.05, 3.63) is 134 Å². The maximum absolute atomic E-state index is 14.3. The van der Waals surface area contributed by atoms with Gasteiger partial charge in [0, 0.05) is 36.0 Å². The van der Waals surface area contributed by atoms with Gasteiger partial charge in [0.05, 0.1) is 16.7 Å². The van der Waals surface area contributed by atoms with Crippen LogP contribution in [0.3, 0.4) is 0 Å². The monoisotopic (exact) mass is 681 g/mol. The average Bonchev–Trinajstić information content (AvgIpc) is 3.41. The quantitative estimate of drug-likeness (QED) is 0.112. The highest BCUT2D eigenvalue weighted by Crippen LogP contribution is 2.43. The summed E-state index contributed by atoms with van der Waals surface area (Å²) in [5.74, 6) is 0.665. The summed E-state index contributed by atoms with van der Waals surface area (Å²) in [5.41, 5.74) is 7.85. The van der Waals surface area contributed by atoms with Crippen molar-refractivity contribution in [3.8, 4) is 5.75 Å². The second-order valence-electron chi connectivity index (χ2n) is 10.0. The first-order valence-corrected chi connectivity index (χ1v) is 15.3. The number of amides is 1. The SMILES string of the molecule is O=C(NNCc1ccc(Cl)c(Cl)c1)[C@@]1(Cc2ccccc2Br)N=C(c2ccc(OCCCO)cc2)O[C@H]1c1ccccc1. The molecule has 1 aliphatic rings. The number of hydrogen-bond acceptors (Lipinski definition) is 6. The lowest BCUT2D eigenvalue weighted by molar-refractivity contribution is -0.130. The van der Waals surface area contributed by atoms with E-state index < -0.39 is 11.6 Å². The van der Waals surface area contributed by atoms with Crippen molar-refractivity contribution >= 4 is 50.9 Å². The summed E-state index contributed by atoms with van der Waals surface area (Å²) >= 11 is 15.9. The number of aliphatic imine (C=N–C) groups is 1. The predicted octanol–water partition coefficient (Wildman–Crippen LogP) is 6.84. The fourth-order valence-electron chi connectivity index (χ4n) is 4.83. The summed E-state index contributed by atoms with van der Waals surface area (Å²) in [5, 5.41) is 9.93. The van der Waals surface area contributed by atoms with E-state index >= 15 is 0 Å². The lowest BCUT2D eigenvalue weighted by Gasteiger charge is -2.31. The molecular weight excluding hydrogens is 653 g/mol. The molecule has 0 radical (unpaired) electrons. The fourth-order valence-corrected chi connectivity index (χ4v) is 5.57. The van der Waals surface area contributed by atoms with Gasteiger partial charge in [0.15, 0.2) is 11.6 Å².